The number of benzene rings is 2. The molecule has 0 saturated heterocycles. The fourth-order valence-corrected chi connectivity index (χ4v) is 3.07. The van der Waals surface area contributed by atoms with Gasteiger partial charge in [0.15, 0.2) is 5.16 Å². The van der Waals surface area contributed by atoms with Crippen molar-refractivity contribution in [3.63, 3.8) is 0 Å². The number of nitrogens with zero attached hydrogens (tertiary/aromatic N) is 1. The lowest BCUT2D eigenvalue weighted by atomic mass is 10.2. The van der Waals surface area contributed by atoms with E-state index in [4.69, 9.17) is 11.6 Å². The molecule has 0 radical (unpaired) electrons. The van der Waals surface area contributed by atoms with Crippen molar-refractivity contribution in [2.24, 2.45) is 0 Å². The number of hydrogen-bond donors (Lipinski definition) is 2. The maximum atomic E-state index is 12.8. The first-order valence-electron chi connectivity index (χ1n) is 7.73. The number of halogens is 4. The third-order valence-electron chi connectivity index (χ3n) is 3.55. The number of imidazole rings is 1. The Hall–Kier alpha value is -2.45. The maximum Gasteiger partial charge on any atom is 0.416 e. The van der Waals surface area contributed by atoms with Crippen molar-refractivity contribution in [3.05, 3.63) is 65.3 Å². The van der Waals surface area contributed by atoms with E-state index in [1.54, 1.807) is 6.20 Å². The van der Waals surface area contributed by atoms with Gasteiger partial charge >= 0.3 is 6.18 Å². The van der Waals surface area contributed by atoms with Crippen molar-refractivity contribution in [2.75, 3.05) is 11.1 Å². The van der Waals surface area contributed by atoms with E-state index < -0.39 is 17.6 Å². The first kappa shape index (κ1) is 19.3. The Morgan fingerprint density at radius 1 is 1.19 bits per heavy atom. The van der Waals surface area contributed by atoms with E-state index in [1.165, 1.54) is 0 Å². The molecule has 0 aliphatic carbocycles. The second kappa shape index (κ2) is 8.06. The van der Waals surface area contributed by atoms with Crippen molar-refractivity contribution in [3.8, 4) is 11.3 Å². The maximum absolute atomic E-state index is 12.8. The van der Waals surface area contributed by atoms with Crippen molar-refractivity contribution < 1.29 is 18.0 Å². The van der Waals surface area contributed by atoms with Crippen LogP contribution in [0.1, 0.15) is 5.56 Å². The summed E-state index contributed by atoms with van der Waals surface area (Å²) in [5.74, 6) is -0.521. The lowest BCUT2D eigenvalue weighted by Crippen LogP contribution is -2.15. The summed E-state index contributed by atoms with van der Waals surface area (Å²) >= 11 is 7.01. The van der Waals surface area contributed by atoms with E-state index in [9.17, 15) is 18.0 Å². The Morgan fingerprint density at radius 3 is 2.63 bits per heavy atom. The van der Waals surface area contributed by atoms with Gasteiger partial charge in [0.05, 0.1) is 33.9 Å². The molecule has 0 aliphatic heterocycles. The molecule has 3 aromatic rings. The molecule has 27 heavy (non-hydrogen) atoms. The summed E-state index contributed by atoms with van der Waals surface area (Å²) in [6, 6.07) is 12.3. The molecule has 3 rings (SSSR count). The molecule has 0 unspecified atom stereocenters. The van der Waals surface area contributed by atoms with Crippen LogP contribution in [-0.2, 0) is 11.0 Å². The number of carbonyl (C=O) groups is 1. The SMILES string of the molecule is O=C(CSc1ncc(-c2ccccc2)[nH]1)Nc1cc(C(F)(F)F)ccc1Cl. The number of thioether (sulfide) groups is 1. The number of rotatable bonds is 5. The van der Waals surface area contributed by atoms with Gasteiger partial charge in [-0.2, -0.15) is 13.2 Å². The molecule has 1 heterocycles. The average Bonchev–Trinajstić information content (AvgIpc) is 3.11. The minimum Gasteiger partial charge on any atom is -0.333 e. The Labute approximate surface area is 162 Å². The topological polar surface area (TPSA) is 57.8 Å². The van der Waals surface area contributed by atoms with Gasteiger partial charge in [0.1, 0.15) is 0 Å². The van der Waals surface area contributed by atoms with Gasteiger partial charge in [0.25, 0.3) is 0 Å². The van der Waals surface area contributed by atoms with Crippen LogP contribution in [0.5, 0.6) is 0 Å². The third kappa shape index (κ3) is 5.05. The van der Waals surface area contributed by atoms with Gasteiger partial charge in [-0.15, -0.1) is 0 Å². The molecule has 0 bridgehead atoms. The fraction of sp³-hybridized carbons (Fsp3) is 0.111. The lowest BCUT2D eigenvalue weighted by Gasteiger charge is -2.11. The molecular formula is C18H13ClF3N3OS. The molecule has 4 nitrogen and oxygen atoms in total. The zero-order valence-electron chi connectivity index (χ0n) is 13.7. The van der Waals surface area contributed by atoms with Crippen LogP contribution in [0.3, 0.4) is 0 Å². The largest absolute Gasteiger partial charge is 0.416 e. The fourth-order valence-electron chi connectivity index (χ4n) is 2.26. The molecule has 2 aromatic carbocycles. The van der Waals surface area contributed by atoms with Gasteiger partial charge in [-0.25, -0.2) is 4.98 Å². The van der Waals surface area contributed by atoms with Crippen LogP contribution < -0.4 is 5.32 Å². The van der Waals surface area contributed by atoms with Crippen molar-refractivity contribution in [1.82, 2.24) is 9.97 Å². The predicted octanol–water partition coefficient (Wildman–Crippen LogP) is 5.48. The Bertz CT molecular complexity index is 945. The van der Waals surface area contributed by atoms with Gasteiger partial charge < -0.3 is 10.3 Å². The molecule has 0 saturated carbocycles. The second-order valence-corrected chi connectivity index (χ2v) is 6.87. The summed E-state index contributed by atoms with van der Waals surface area (Å²) in [6.07, 6.45) is -2.86. The minimum absolute atomic E-state index is 0.0331. The molecule has 0 aliphatic rings. The third-order valence-corrected chi connectivity index (χ3v) is 4.76. The first-order valence-corrected chi connectivity index (χ1v) is 9.09. The van der Waals surface area contributed by atoms with Crippen LogP contribution in [0.2, 0.25) is 5.02 Å². The minimum atomic E-state index is -4.51. The molecule has 9 heteroatoms. The van der Waals surface area contributed by atoms with E-state index in [2.05, 4.69) is 15.3 Å². The van der Waals surface area contributed by atoms with Crippen LogP contribution >= 0.6 is 23.4 Å². The normalized spacial score (nSPS) is 11.4. The zero-order chi connectivity index (χ0) is 19.4. The molecule has 1 amide bonds. The molecule has 1 aromatic heterocycles. The number of aromatic amines is 1. The van der Waals surface area contributed by atoms with E-state index in [-0.39, 0.29) is 16.5 Å². The molecule has 0 fully saturated rings. The smallest absolute Gasteiger partial charge is 0.333 e. The van der Waals surface area contributed by atoms with Crippen LogP contribution in [0.4, 0.5) is 18.9 Å². The molecular weight excluding hydrogens is 399 g/mol. The van der Waals surface area contributed by atoms with Gasteiger partial charge in [0.2, 0.25) is 5.91 Å². The highest BCUT2D eigenvalue weighted by molar-refractivity contribution is 7.99. The number of H-pyrrole nitrogens is 1. The summed E-state index contributed by atoms with van der Waals surface area (Å²) < 4.78 is 38.3. The van der Waals surface area contributed by atoms with Crippen molar-refractivity contribution in [2.45, 2.75) is 11.3 Å². The van der Waals surface area contributed by atoms with E-state index in [1.807, 2.05) is 30.3 Å². The van der Waals surface area contributed by atoms with Crippen LogP contribution in [-0.4, -0.2) is 21.6 Å². The molecule has 2 N–H and O–H groups in total. The number of nitrogens with one attached hydrogen (secondary N) is 2. The summed E-state index contributed by atoms with van der Waals surface area (Å²) in [5.41, 5.74) is 0.798. The Kier molecular flexibility index (Phi) is 5.76. The number of amides is 1. The summed E-state index contributed by atoms with van der Waals surface area (Å²) in [4.78, 5) is 19.3. The molecule has 0 spiro atoms. The summed E-state index contributed by atoms with van der Waals surface area (Å²) in [6.45, 7) is 0. The highest BCUT2D eigenvalue weighted by Crippen LogP contribution is 2.34. The van der Waals surface area contributed by atoms with E-state index in [0.717, 1.165) is 41.2 Å². The van der Waals surface area contributed by atoms with Crippen molar-refractivity contribution in [1.29, 1.82) is 0 Å². The molecule has 0 atom stereocenters. The van der Waals surface area contributed by atoms with Crippen LogP contribution in [0.15, 0.2) is 59.9 Å². The number of hydrogen-bond acceptors (Lipinski definition) is 3. The van der Waals surface area contributed by atoms with Gasteiger partial charge in [-0.1, -0.05) is 53.7 Å². The second-order valence-electron chi connectivity index (χ2n) is 5.50. The number of anilines is 1. The van der Waals surface area contributed by atoms with Gasteiger partial charge in [-0.3, -0.25) is 4.79 Å². The summed E-state index contributed by atoms with van der Waals surface area (Å²) in [7, 11) is 0. The van der Waals surface area contributed by atoms with Crippen LogP contribution in [0, 0.1) is 0 Å². The van der Waals surface area contributed by atoms with Gasteiger partial charge in [-0.05, 0) is 23.8 Å². The number of aromatic nitrogens is 2. The lowest BCUT2D eigenvalue weighted by molar-refractivity contribution is -0.137. The van der Waals surface area contributed by atoms with Crippen LogP contribution in [0.25, 0.3) is 11.3 Å². The van der Waals surface area contributed by atoms with Gasteiger partial charge in [0, 0.05) is 0 Å². The monoisotopic (exact) mass is 411 g/mol. The highest BCUT2D eigenvalue weighted by Gasteiger charge is 2.31. The number of carbonyl (C=O) groups excluding carboxylic acids is 1. The average molecular weight is 412 g/mol. The summed E-state index contributed by atoms with van der Waals surface area (Å²) in [5, 5.41) is 2.96. The van der Waals surface area contributed by atoms with Crippen molar-refractivity contribution >= 4 is 35.0 Å². The molecule has 140 valence electrons. The Morgan fingerprint density at radius 2 is 1.93 bits per heavy atom. The number of alkyl halides is 3. The van der Waals surface area contributed by atoms with E-state index in [0.29, 0.717) is 5.16 Å². The highest BCUT2D eigenvalue weighted by atomic mass is 35.5. The predicted molar refractivity (Wildman–Crippen MR) is 99.8 cm³/mol. The standard InChI is InChI=1S/C18H13ClF3N3OS/c19-13-7-6-12(18(20,21)22)8-14(13)24-16(26)10-27-17-23-9-15(25-17)11-4-2-1-3-5-11/h1-9H,10H2,(H,23,25)(H,24,26). The first-order chi connectivity index (χ1) is 12.8. The quantitative estimate of drug-likeness (QED) is 0.546. The zero-order valence-corrected chi connectivity index (χ0v) is 15.3. The Balaban J connectivity index is 1.62. The van der Waals surface area contributed by atoms with E-state index >= 15 is 0 Å².